The lowest BCUT2D eigenvalue weighted by Crippen LogP contribution is -2.23. The first-order valence-corrected chi connectivity index (χ1v) is 9.63. The summed E-state index contributed by atoms with van der Waals surface area (Å²) in [6.07, 6.45) is 6.77. The van der Waals surface area contributed by atoms with Gasteiger partial charge < -0.3 is 9.47 Å². The highest BCUT2D eigenvalue weighted by Crippen LogP contribution is 2.39. The topological polar surface area (TPSA) is 54.3 Å². The number of imidazole rings is 1. The molecule has 3 aromatic rings. The molecule has 1 saturated heterocycles. The Morgan fingerprint density at radius 1 is 1.38 bits per heavy atom. The van der Waals surface area contributed by atoms with Crippen LogP contribution in [0.5, 0.6) is 0 Å². The van der Waals surface area contributed by atoms with E-state index in [1.165, 1.54) is 16.9 Å². The molecular weight excluding hydrogens is 346 g/mol. The largest absolute Gasteiger partial charge is 0.344 e. The molecule has 0 unspecified atom stereocenters. The van der Waals surface area contributed by atoms with Gasteiger partial charge in [0.05, 0.1) is 16.9 Å². The summed E-state index contributed by atoms with van der Waals surface area (Å²) in [7, 11) is 5.62. The molecule has 1 amide bonds. The molecule has 0 aliphatic carbocycles. The number of carbonyl (C=O) groups excluding carboxylic acids is 1. The molecule has 1 aliphatic rings. The molecule has 0 saturated carbocycles. The van der Waals surface area contributed by atoms with Gasteiger partial charge >= 0.3 is 0 Å². The Labute approximate surface area is 157 Å². The van der Waals surface area contributed by atoms with Gasteiger partial charge in [-0.05, 0) is 24.6 Å². The summed E-state index contributed by atoms with van der Waals surface area (Å²) in [4.78, 5) is 27.6. The summed E-state index contributed by atoms with van der Waals surface area (Å²) in [5, 5.41) is 1.13. The van der Waals surface area contributed by atoms with Gasteiger partial charge in [-0.25, -0.2) is 9.97 Å². The van der Waals surface area contributed by atoms with Gasteiger partial charge in [-0.15, -0.1) is 11.3 Å². The van der Waals surface area contributed by atoms with Crippen molar-refractivity contribution < 1.29 is 4.79 Å². The van der Waals surface area contributed by atoms with E-state index in [0.717, 1.165) is 46.8 Å². The first kappa shape index (κ1) is 17.2. The van der Waals surface area contributed by atoms with Crippen LogP contribution in [0, 0.1) is 0 Å². The highest BCUT2D eigenvalue weighted by molar-refractivity contribution is 7.20. The van der Waals surface area contributed by atoms with Crippen LogP contribution in [0.3, 0.4) is 0 Å². The number of carbonyl (C=O) groups is 1. The maximum absolute atomic E-state index is 12.7. The van der Waals surface area contributed by atoms with Crippen molar-refractivity contribution in [3.8, 4) is 0 Å². The number of amides is 1. The molecule has 4 heterocycles. The highest BCUT2D eigenvalue weighted by Gasteiger charge is 2.31. The predicted molar refractivity (Wildman–Crippen MR) is 103 cm³/mol. The zero-order valence-electron chi connectivity index (χ0n) is 15.3. The summed E-state index contributed by atoms with van der Waals surface area (Å²) < 4.78 is 1.98. The number of thiophene rings is 1. The van der Waals surface area contributed by atoms with Crippen LogP contribution in [0.15, 0.2) is 30.9 Å². The zero-order chi connectivity index (χ0) is 18.3. The van der Waals surface area contributed by atoms with Crippen LogP contribution in [0.4, 0.5) is 0 Å². The van der Waals surface area contributed by atoms with E-state index < -0.39 is 0 Å². The van der Waals surface area contributed by atoms with Gasteiger partial charge in [0.15, 0.2) is 0 Å². The fourth-order valence-electron chi connectivity index (χ4n) is 3.71. The van der Waals surface area contributed by atoms with Crippen LogP contribution in [-0.2, 0) is 13.6 Å². The summed E-state index contributed by atoms with van der Waals surface area (Å²) in [6, 6.07) is 4.06. The average molecular weight is 369 g/mol. The smallest absolute Gasteiger partial charge is 0.263 e. The van der Waals surface area contributed by atoms with Gasteiger partial charge in [-0.1, -0.05) is 6.07 Å². The first-order valence-electron chi connectivity index (χ1n) is 8.81. The van der Waals surface area contributed by atoms with Gasteiger partial charge in [0.25, 0.3) is 5.91 Å². The SMILES string of the molecule is CN(C)C(=O)c1sc2ncccc2c1[C@@H]1CCN(Cc2cn(C)cn2)C1. The predicted octanol–water partition coefficient (Wildman–Crippen LogP) is 2.72. The van der Waals surface area contributed by atoms with Crippen molar-refractivity contribution in [2.45, 2.75) is 18.9 Å². The third-order valence-corrected chi connectivity index (χ3v) is 6.05. The number of rotatable bonds is 4. The molecule has 1 atom stereocenters. The van der Waals surface area contributed by atoms with Crippen LogP contribution in [-0.4, -0.2) is 57.4 Å². The van der Waals surface area contributed by atoms with Crippen LogP contribution < -0.4 is 0 Å². The molecule has 1 fully saturated rings. The summed E-state index contributed by atoms with van der Waals surface area (Å²) in [5.41, 5.74) is 2.27. The Bertz CT molecular complexity index is 944. The van der Waals surface area contributed by atoms with E-state index in [1.54, 1.807) is 11.1 Å². The van der Waals surface area contributed by atoms with Crippen LogP contribution in [0.2, 0.25) is 0 Å². The molecule has 136 valence electrons. The van der Waals surface area contributed by atoms with Crippen LogP contribution >= 0.6 is 11.3 Å². The van der Waals surface area contributed by atoms with Gasteiger partial charge in [0.2, 0.25) is 0 Å². The Morgan fingerprint density at radius 2 is 2.23 bits per heavy atom. The monoisotopic (exact) mass is 369 g/mol. The molecule has 6 nitrogen and oxygen atoms in total. The molecule has 7 heteroatoms. The van der Waals surface area contributed by atoms with Gasteiger partial charge in [0.1, 0.15) is 4.83 Å². The van der Waals surface area contributed by atoms with E-state index in [-0.39, 0.29) is 5.91 Å². The molecule has 0 aromatic carbocycles. The highest BCUT2D eigenvalue weighted by atomic mass is 32.1. The number of likely N-dealkylation sites (tertiary alicyclic amines) is 1. The third kappa shape index (κ3) is 3.12. The minimum atomic E-state index is 0.0752. The van der Waals surface area contributed by atoms with E-state index >= 15 is 0 Å². The first-order chi connectivity index (χ1) is 12.5. The van der Waals surface area contributed by atoms with Crippen LogP contribution in [0.25, 0.3) is 10.2 Å². The van der Waals surface area contributed by atoms with E-state index in [2.05, 4.69) is 27.1 Å². The minimum absolute atomic E-state index is 0.0752. The summed E-state index contributed by atoms with van der Waals surface area (Å²) in [5.74, 6) is 0.432. The molecule has 1 aliphatic heterocycles. The van der Waals surface area contributed by atoms with Crippen LogP contribution in [0.1, 0.15) is 33.3 Å². The van der Waals surface area contributed by atoms with E-state index in [4.69, 9.17) is 0 Å². The van der Waals surface area contributed by atoms with Crippen molar-refractivity contribution in [1.29, 1.82) is 0 Å². The Morgan fingerprint density at radius 3 is 2.96 bits per heavy atom. The Kier molecular flexibility index (Phi) is 4.50. The summed E-state index contributed by atoms with van der Waals surface area (Å²) >= 11 is 1.52. The molecular formula is C19H23N5OS. The molecule has 3 aromatic heterocycles. The maximum atomic E-state index is 12.7. The van der Waals surface area contributed by atoms with E-state index in [9.17, 15) is 4.79 Å². The van der Waals surface area contributed by atoms with Gasteiger partial charge in [0, 0.05) is 57.9 Å². The van der Waals surface area contributed by atoms with Crippen molar-refractivity contribution in [2.75, 3.05) is 27.2 Å². The Balaban J connectivity index is 1.63. The second-order valence-electron chi connectivity index (χ2n) is 7.15. The zero-order valence-corrected chi connectivity index (χ0v) is 16.2. The van der Waals surface area contributed by atoms with Crippen molar-refractivity contribution >= 4 is 27.5 Å². The molecule has 0 N–H and O–H groups in total. The lowest BCUT2D eigenvalue weighted by molar-refractivity contribution is 0.0831. The molecule has 0 spiro atoms. The maximum Gasteiger partial charge on any atom is 0.263 e. The van der Waals surface area contributed by atoms with E-state index in [1.807, 2.05) is 38.1 Å². The number of fused-ring (bicyclic) bond motifs is 1. The number of aryl methyl sites for hydroxylation is 1. The molecule has 26 heavy (non-hydrogen) atoms. The standard InChI is InChI=1S/C19H23N5OS/c1-22(2)19(25)17-16(15-5-4-7-20-18(15)26-17)13-6-8-24(9-13)11-14-10-23(3)12-21-14/h4-5,7,10,12-13H,6,8-9,11H2,1-3H3/t13-/m1/s1. The normalized spacial score (nSPS) is 17.9. The minimum Gasteiger partial charge on any atom is -0.344 e. The fraction of sp³-hybridized carbons (Fsp3) is 0.421. The molecule has 0 radical (unpaired) electrons. The second-order valence-corrected chi connectivity index (χ2v) is 8.15. The average Bonchev–Trinajstić information content (AvgIpc) is 3.32. The lowest BCUT2D eigenvalue weighted by atomic mass is 9.95. The molecule has 0 bridgehead atoms. The van der Waals surface area contributed by atoms with Gasteiger partial charge in [-0.3, -0.25) is 9.69 Å². The third-order valence-electron chi connectivity index (χ3n) is 4.93. The van der Waals surface area contributed by atoms with Crippen molar-refractivity contribution in [3.63, 3.8) is 0 Å². The Hall–Kier alpha value is -2.25. The van der Waals surface area contributed by atoms with Gasteiger partial charge in [-0.2, -0.15) is 0 Å². The second kappa shape index (κ2) is 6.81. The van der Waals surface area contributed by atoms with Crippen molar-refractivity contribution in [1.82, 2.24) is 24.3 Å². The molecule has 4 rings (SSSR count). The van der Waals surface area contributed by atoms with Crippen molar-refractivity contribution in [3.05, 3.63) is 47.0 Å². The number of pyridine rings is 1. The lowest BCUT2D eigenvalue weighted by Gasteiger charge is -2.17. The fourth-order valence-corrected chi connectivity index (χ4v) is 4.96. The number of aromatic nitrogens is 3. The number of nitrogens with zero attached hydrogens (tertiary/aromatic N) is 5. The van der Waals surface area contributed by atoms with E-state index in [0.29, 0.717) is 5.92 Å². The summed E-state index contributed by atoms with van der Waals surface area (Å²) in [6.45, 7) is 2.83. The van der Waals surface area contributed by atoms with Crippen molar-refractivity contribution in [2.24, 2.45) is 7.05 Å². The quantitative estimate of drug-likeness (QED) is 0.710. The number of hydrogen-bond acceptors (Lipinski definition) is 5. The number of hydrogen-bond donors (Lipinski definition) is 0.